The van der Waals surface area contributed by atoms with Crippen LogP contribution in [-0.2, 0) is 4.79 Å². The zero-order chi connectivity index (χ0) is 13.9. The average molecular weight is 292 g/mol. The number of nitrogens with zero attached hydrogens (tertiary/aromatic N) is 4. The van der Waals surface area contributed by atoms with Crippen molar-refractivity contribution in [2.75, 3.05) is 5.75 Å². The summed E-state index contributed by atoms with van der Waals surface area (Å²) in [5.41, 5.74) is 0. The van der Waals surface area contributed by atoms with Crippen molar-refractivity contribution < 1.29 is 4.79 Å². The van der Waals surface area contributed by atoms with Crippen LogP contribution in [-0.4, -0.2) is 36.4 Å². The van der Waals surface area contributed by atoms with Gasteiger partial charge < -0.3 is 14.9 Å². The van der Waals surface area contributed by atoms with Gasteiger partial charge in [0.15, 0.2) is 5.16 Å². The molecule has 2 aromatic rings. The third-order valence-electron chi connectivity index (χ3n) is 3.12. The first-order valence-corrected chi connectivity index (χ1v) is 7.53. The van der Waals surface area contributed by atoms with Gasteiger partial charge in [-0.15, -0.1) is 10.2 Å². The minimum atomic E-state index is -0.126. The Bertz CT molecular complexity index is 577. The molecule has 0 bridgehead atoms. The maximum absolute atomic E-state index is 11.9. The van der Waals surface area contributed by atoms with Gasteiger partial charge in [-0.25, -0.2) is 4.98 Å². The minimum Gasteiger partial charge on any atom is -0.347 e. The number of rotatable bonds is 6. The van der Waals surface area contributed by atoms with Gasteiger partial charge in [-0.1, -0.05) is 11.8 Å². The van der Waals surface area contributed by atoms with Crippen molar-refractivity contribution in [3.8, 4) is 0 Å². The van der Waals surface area contributed by atoms with Crippen LogP contribution in [0.3, 0.4) is 0 Å². The second-order valence-corrected chi connectivity index (χ2v) is 5.75. The smallest absolute Gasteiger partial charge is 0.231 e. The molecule has 0 aromatic carbocycles. The highest BCUT2D eigenvalue weighted by Crippen LogP contribution is 2.37. The lowest BCUT2D eigenvalue weighted by Gasteiger charge is -2.11. The van der Waals surface area contributed by atoms with Gasteiger partial charge in [-0.05, 0) is 19.8 Å². The zero-order valence-corrected chi connectivity index (χ0v) is 11.9. The van der Waals surface area contributed by atoms with Gasteiger partial charge in [0.1, 0.15) is 12.2 Å². The van der Waals surface area contributed by atoms with Gasteiger partial charge >= 0.3 is 0 Å². The normalized spacial score (nSPS) is 16.1. The van der Waals surface area contributed by atoms with E-state index in [1.54, 1.807) is 18.7 Å². The molecule has 3 rings (SSSR count). The largest absolute Gasteiger partial charge is 0.347 e. The molecular weight excluding hydrogens is 276 g/mol. The number of aromatic nitrogens is 5. The number of nitrogens with one attached hydrogen (secondary N) is 2. The number of carbonyl (C=O) groups is 1. The number of H-pyrrole nitrogens is 1. The molecule has 1 unspecified atom stereocenters. The molecule has 1 aliphatic rings. The standard InChI is InChI=1S/C12H16N6OS/c1-8(11-13-4-5-14-11)16-10(19)6-20-12-17-15-7-18(12)9-2-3-9/h4-5,7-9H,2-3,6H2,1H3,(H,13,14)(H,16,19). The van der Waals surface area contributed by atoms with Crippen molar-refractivity contribution in [1.82, 2.24) is 30.0 Å². The van der Waals surface area contributed by atoms with Crippen molar-refractivity contribution in [2.45, 2.75) is 37.0 Å². The van der Waals surface area contributed by atoms with Crippen molar-refractivity contribution in [1.29, 1.82) is 0 Å². The number of carbonyl (C=O) groups excluding carboxylic acids is 1. The molecule has 0 aliphatic heterocycles. The Balaban J connectivity index is 1.50. The molecule has 1 aliphatic carbocycles. The fraction of sp³-hybridized carbons (Fsp3) is 0.500. The first-order chi connectivity index (χ1) is 9.74. The summed E-state index contributed by atoms with van der Waals surface area (Å²) >= 11 is 1.42. The molecule has 0 saturated heterocycles. The lowest BCUT2D eigenvalue weighted by atomic mass is 10.3. The Morgan fingerprint density at radius 2 is 2.50 bits per heavy atom. The number of aromatic amines is 1. The van der Waals surface area contributed by atoms with Crippen LogP contribution in [0.25, 0.3) is 0 Å². The lowest BCUT2D eigenvalue weighted by Crippen LogP contribution is -2.28. The highest BCUT2D eigenvalue weighted by molar-refractivity contribution is 7.99. The average Bonchev–Trinajstić information content (AvgIpc) is 2.95. The van der Waals surface area contributed by atoms with E-state index in [0.717, 1.165) is 11.0 Å². The van der Waals surface area contributed by atoms with Crippen molar-refractivity contribution in [2.24, 2.45) is 0 Å². The maximum atomic E-state index is 11.9. The molecule has 1 amide bonds. The van der Waals surface area contributed by atoms with E-state index in [0.29, 0.717) is 11.8 Å². The van der Waals surface area contributed by atoms with Crippen LogP contribution in [0.5, 0.6) is 0 Å². The second-order valence-electron chi connectivity index (χ2n) is 4.80. The lowest BCUT2D eigenvalue weighted by molar-refractivity contribution is -0.119. The third-order valence-corrected chi connectivity index (χ3v) is 4.08. The number of imidazole rings is 1. The number of thioether (sulfide) groups is 1. The molecule has 2 N–H and O–H groups in total. The SMILES string of the molecule is CC(NC(=O)CSc1nncn1C1CC1)c1ncc[nH]1. The summed E-state index contributed by atoms with van der Waals surface area (Å²) in [4.78, 5) is 19.0. The highest BCUT2D eigenvalue weighted by Gasteiger charge is 2.26. The fourth-order valence-corrected chi connectivity index (χ4v) is 2.73. The summed E-state index contributed by atoms with van der Waals surface area (Å²) in [6.07, 6.45) is 7.50. The van der Waals surface area contributed by atoms with E-state index in [-0.39, 0.29) is 11.9 Å². The molecular formula is C12H16N6OS. The van der Waals surface area contributed by atoms with E-state index < -0.39 is 0 Å². The van der Waals surface area contributed by atoms with Gasteiger partial charge in [0.05, 0.1) is 11.8 Å². The molecule has 2 aromatic heterocycles. The second kappa shape index (κ2) is 5.66. The molecule has 1 atom stereocenters. The zero-order valence-electron chi connectivity index (χ0n) is 11.1. The van der Waals surface area contributed by atoms with Gasteiger partial charge in [0.25, 0.3) is 0 Å². The van der Waals surface area contributed by atoms with Crippen LogP contribution >= 0.6 is 11.8 Å². The predicted octanol–water partition coefficient (Wildman–Crippen LogP) is 1.31. The summed E-state index contributed by atoms with van der Waals surface area (Å²) in [7, 11) is 0. The van der Waals surface area contributed by atoms with Crippen LogP contribution in [0.2, 0.25) is 0 Å². The van der Waals surface area contributed by atoms with Gasteiger partial charge in [-0.3, -0.25) is 4.79 Å². The van der Waals surface area contributed by atoms with Gasteiger partial charge in [0.2, 0.25) is 5.91 Å². The minimum absolute atomic E-state index is 0.0377. The van der Waals surface area contributed by atoms with E-state index in [9.17, 15) is 4.79 Å². The van der Waals surface area contributed by atoms with E-state index in [2.05, 4.69) is 25.5 Å². The maximum Gasteiger partial charge on any atom is 0.231 e. The first kappa shape index (κ1) is 13.2. The molecule has 106 valence electrons. The quantitative estimate of drug-likeness (QED) is 0.784. The predicted molar refractivity (Wildman–Crippen MR) is 74.2 cm³/mol. The Morgan fingerprint density at radius 1 is 1.65 bits per heavy atom. The Morgan fingerprint density at radius 3 is 3.20 bits per heavy atom. The monoisotopic (exact) mass is 292 g/mol. The summed E-state index contributed by atoms with van der Waals surface area (Å²) in [5.74, 6) is 1.05. The van der Waals surface area contributed by atoms with Gasteiger partial charge in [-0.2, -0.15) is 0 Å². The summed E-state index contributed by atoms with van der Waals surface area (Å²) < 4.78 is 2.05. The van der Waals surface area contributed by atoms with E-state index >= 15 is 0 Å². The third kappa shape index (κ3) is 3.01. The van der Waals surface area contributed by atoms with Gasteiger partial charge in [0, 0.05) is 18.4 Å². The topological polar surface area (TPSA) is 88.5 Å². The molecule has 2 heterocycles. The Hall–Kier alpha value is -1.83. The summed E-state index contributed by atoms with van der Waals surface area (Å²) in [5, 5.41) is 11.7. The Kier molecular flexibility index (Phi) is 3.72. The summed E-state index contributed by atoms with van der Waals surface area (Å²) in [6, 6.07) is 0.400. The van der Waals surface area contributed by atoms with E-state index in [1.165, 1.54) is 24.6 Å². The van der Waals surface area contributed by atoms with Crippen molar-refractivity contribution in [3.63, 3.8) is 0 Å². The molecule has 7 nitrogen and oxygen atoms in total. The van der Waals surface area contributed by atoms with Crippen LogP contribution in [0.15, 0.2) is 23.9 Å². The van der Waals surface area contributed by atoms with Crippen molar-refractivity contribution >= 4 is 17.7 Å². The fourth-order valence-electron chi connectivity index (χ4n) is 1.93. The highest BCUT2D eigenvalue weighted by atomic mass is 32.2. The van der Waals surface area contributed by atoms with E-state index in [4.69, 9.17) is 0 Å². The number of hydrogen-bond donors (Lipinski definition) is 2. The van der Waals surface area contributed by atoms with Crippen LogP contribution in [0.4, 0.5) is 0 Å². The van der Waals surface area contributed by atoms with E-state index in [1.807, 2.05) is 11.5 Å². The number of hydrogen-bond acceptors (Lipinski definition) is 5. The van der Waals surface area contributed by atoms with Crippen LogP contribution in [0, 0.1) is 0 Å². The molecule has 1 saturated carbocycles. The Labute approximate surface area is 120 Å². The van der Waals surface area contributed by atoms with Crippen molar-refractivity contribution in [3.05, 3.63) is 24.5 Å². The number of amides is 1. The molecule has 0 spiro atoms. The van der Waals surface area contributed by atoms with Crippen LogP contribution < -0.4 is 5.32 Å². The molecule has 20 heavy (non-hydrogen) atoms. The molecule has 0 radical (unpaired) electrons. The molecule has 1 fully saturated rings. The van der Waals surface area contributed by atoms with Crippen LogP contribution in [0.1, 0.15) is 37.7 Å². The first-order valence-electron chi connectivity index (χ1n) is 6.55. The molecule has 8 heteroatoms. The summed E-state index contributed by atoms with van der Waals surface area (Å²) in [6.45, 7) is 1.90.